The number of carbonyl (C=O) groups excluding carboxylic acids is 2. The summed E-state index contributed by atoms with van der Waals surface area (Å²) in [4.78, 5) is 27.8. The van der Waals surface area contributed by atoms with Crippen LogP contribution in [-0.4, -0.2) is 50.5 Å². The Morgan fingerprint density at radius 1 is 1.00 bits per heavy atom. The van der Waals surface area contributed by atoms with Gasteiger partial charge in [0.2, 0.25) is 21.8 Å². The fourth-order valence-corrected chi connectivity index (χ4v) is 4.42. The quantitative estimate of drug-likeness (QED) is 0.483. The summed E-state index contributed by atoms with van der Waals surface area (Å²) < 4.78 is 27.3. The van der Waals surface area contributed by atoms with Crippen LogP contribution in [0.4, 0.5) is 5.69 Å². The number of halogens is 1. The van der Waals surface area contributed by atoms with Crippen LogP contribution in [0, 0.1) is 19.8 Å². The third kappa shape index (κ3) is 7.84. The highest BCUT2D eigenvalue weighted by Crippen LogP contribution is 2.22. The number of sulfonamides is 1. The zero-order valence-electron chi connectivity index (χ0n) is 20.6. The van der Waals surface area contributed by atoms with Crippen LogP contribution < -0.4 is 9.62 Å². The van der Waals surface area contributed by atoms with Gasteiger partial charge >= 0.3 is 0 Å². The molecule has 1 N–H and O–H groups in total. The van der Waals surface area contributed by atoms with Crippen molar-refractivity contribution in [3.05, 3.63) is 63.6 Å². The van der Waals surface area contributed by atoms with Crippen molar-refractivity contribution >= 4 is 43.5 Å². The minimum atomic E-state index is -3.74. The normalized spacial score (nSPS) is 12.4. The molecule has 0 bridgehead atoms. The molecule has 1 unspecified atom stereocenters. The van der Waals surface area contributed by atoms with E-state index in [1.165, 1.54) is 4.90 Å². The Labute approximate surface area is 211 Å². The van der Waals surface area contributed by atoms with Crippen molar-refractivity contribution < 1.29 is 18.0 Å². The standard InChI is InChI=1S/C25H34BrN3O4S/c1-17(2)14-27-25(31)20(5)28(15-21-8-10-22(26)11-9-21)24(30)16-29(34(6,32)33)23-12-7-18(3)19(4)13-23/h7-13,17,20H,14-16H2,1-6H3,(H,27,31). The van der Waals surface area contributed by atoms with E-state index in [0.717, 1.165) is 31.7 Å². The molecule has 0 radical (unpaired) electrons. The number of carbonyl (C=O) groups is 2. The van der Waals surface area contributed by atoms with Gasteiger partial charge in [0.25, 0.3) is 0 Å². The van der Waals surface area contributed by atoms with E-state index in [9.17, 15) is 18.0 Å². The summed E-state index contributed by atoms with van der Waals surface area (Å²) in [7, 11) is -3.74. The Morgan fingerprint density at radius 2 is 1.62 bits per heavy atom. The van der Waals surface area contributed by atoms with Gasteiger partial charge in [-0.1, -0.05) is 48.0 Å². The second-order valence-corrected chi connectivity index (χ2v) is 11.8. The van der Waals surface area contributed by atoms with Gasteiger partial charge in [-0.15, -0.1) is 0 Å². The second-order valence-electron chi connectivity index (χ2n) is 9.00. The first-order valence-corrected chi connectivity index (χ1v) is 13.8. The molecular weight excluding hydrogens is 518 g/mol. The summed E-state index contributed by atoms with van der Waals surface area (Å²) in [5.41, 5.74) is 3.19. The largest absolute Gasteiger partial charge is 0.354 e. The van der Waals surface area contributed by atoms with E-state index in [-0.39, 0.29) is 18.4 Å². The van der Waals surface area contributed by atoms with Crippen molar-refractivity contribution in [1.29, 1.82) is 0 Å². The van der Waals surface area contributed by atoms with Gasteiger partial charge in [0, 0.05) is 17.6 Å². The van der Waals surface area contributed by atoms with Crippen molar-refractivity contribution in [3.8, 4) is 0 Å². The summed E-state index contributed by atoms with van der Waals surface area (Å²) in [6.45, 7) is 9.72. The van der Waals surface area contributed by atoms with Gasteiger partial charge < -0.3 is 10.2 Å². The van der Waals surface area contributed by atoms with Crippen molar-refractivity contribution in [3.63, 3.8) is 0 Å². The fraction of sp³-hybridized carbons (Fsp3) is 0.440. The Bertz CT molecular complexity index is 1120. The molecule has 186 valence electrons. The number of amides is 2. The summed E-state index contributed by atoms with van der Waals surface area (Å²) in [6, 6.07) is 11.9. The number of hydrogen-bond donors (Lipinski definition) is 1. The van der Waals surface area contributed by atoms with Crippen LogP contribution in [-0.2, 0) is 26.2 Å². The molecule has 0 fully saturated rings. The van der Waals surface area contributed by atoms with Crippen LogP contribution >= 0.6 is 15.9 Å². The highest BCUT2D eigenvalue weighted by Gasteiger charge is 2.30. The highest BCUT2D eigenvalue weighted by molar-refractivity contribution is 9.10. The molecule has 0 aliphatic rings. The van der Waals surface area contributed by atoms with E-state index in [0.29, 0.717) is 12.2 Å². The maximum atomic E-state index is 13.5. The topological polar surface area (TPSA) is 86.8 Å². The summed E-state index contributed by atoms with van der Waals surface area (Å²) in [5, 5.41) is 2.87. The lowest BCUT2D eigenvalue weighted by Crippen LogP contribution is -2.51. The zero-order valence-corrected chi connectivity index (χ0v) is 23.0. The molecule has 0 aromatic heterocycles. The van der Waals surface area contributed by atoms with E-state index in [4.69, 9.17) is 0 Å². The van der Waals surface area contributed by atoms with Crippen LogP contribution in [0.5, 0.6) is 0 Å². The van der Waals surface area contributed by atoms with Crippen molar-refractivity contribution in [2.24, 2.45) is 5.92 Å². The fourth-order valence-electron chi connectivity index (χ4n) is 3.32. The van der Waals surface area contributed by atoms with Gasteiger partial charge in [-0.25, -0.2) is 8.42 Å². The highest BCUT2D eigenvalue weighted by atomic mass is 79.9. The molecule has 0 saturated carbocycles. The number of nitrogens with one attached hydrogen (secondary N) is 1. The molecule has 0 spiro atoms. The van der Waals surface area contributed by atoms with Gasteiger partial charge in [0.1, 0.15) is 12.6 Å². The summed E-state index contributed by atoms with van der Waals surface area (Å²) in [6.07, 6.45) is 1.08. The van der Waals surface area contributed by atoms with Crippen molar-refractivity contribution in [2.75, 3.05) is 23.7 Å². The predicted octanol–water partition coefficient (Wildman–Crippen LogP) is 4.02. The number of hydrogen-bond acceptors (Lipinski definition) is 4. The predicted molar refractivity (Wildman–Crippen MR) is 140 cm³/mol. The molecule has 0 saturated heterocycles. The molecule has 2 aromatic carbocycles. The average Bonchev–Trinajstić information content (AvgIpc) is 2.76. The number of nitrogens with zero attached hydrogens (tertiary/aromatic N) is 2. The second kappa shape index (κ2) is 11.8. The Balaban J connectivity index is 2.37. The zero-order chi connectivity index (χ0) is 25.6. The van der Waals surface area contributed by atoms with E-state index in [1.807, 2.05) is 58.0 Å². The van der Waals surface area contributed by atoms with E-state index < -0.39 is 28.5 Å². The average molecular weight is 553 g/mol. The summed E-state index contributed by atoms with van der Waals surface area (Å²) >= 11 is 3.40. The number of aryl methyl sites for hydroxylation is 2. The van der Waals surface area contributed by atoms with Gasteiger partial charge in [-0.3, -0.25) is 13.9 Å². The first-order valence-electron chi connectivity index (χ1n) is 11.2. The van der Waals surface area contributed by atoms with Crippen LogP contribution in [0.1, 0.15) is 37.5 Å². The number of anilines is 1. The summed E-state index contributed by atoms with van der Waals surface area (Å²) in [5.74, 6) is -0.479. The van der Waals surface area contributed by atoms with Gasteiger partial charge in [-0.2, -0.15) is 0 Å². The lowest BCUT2D eigenvalue weighted by molar-refractivity contribution is -0.139. The van der Waals surface area contributed by atoms with Crippen LogP contribution in [0.3, 0.4) is 0 Å². The molecule has 2 aromatic rings. The van der Waals surface area contributed by atoms with Crippen molar-refractivity contribution in [1.82, 2.24) is 10.2 Å². The molecule has 34 heavy (non-hydrogen) atoms. The van der Waals surface area contributed by atoms with Gasteiger partial charge in [0.15, 0.2) is 0 Å². The minimum Gasteiger partial charge on any atom is -0.354 e. The lowest BCUT2D eigenvalue weighted by atomic mass is 10.1. The third-order valence-electron chi connectivity index (χ3n) is 5.58. The monoisotopic (exact) mass is 551 g/mol. The molecule has 0 aliphatic heterocycles. The van der Waals surface area contributed by atoms with Gasteiger partial charge in [-0.05, 0) is 67.6 Å². The maximum absolute atomic E-state index is 13.5. The molecule has 9 heteroatoms. The molecule has 2 amide bonds. The molecule has 0 aliphatic carbocycles. The van der Waals surface area contributed by atoms with Crippen LogP contribution in [0.15, 0.2) is 46.9 Å². The van der Waals surface area contributed by atoms with E-state index in [1.54, 1.807) is 19.1 Å². The molecule has 1 atom stereocenters. The smallest absolute Gasteiger partial charge is 0.244 e. The molecule has 0 heterocycles. The van der Waals surface area contributed by atoms with E-state index in [2.05, 4.69) is 21.2 Å². The van der Waals surface area contributed by atoms with Crippen molar-refractivity contribution in [2.45, 2.75) is 47.2 Å². The first-order chi connectivity index (χ1) is 15.8. The van der Waals surface area contributed by atoms with Crippen LogP contribution in [0.25, 0.3) is 0 Å². The maximum Gasteiger partial charge on any atom is 0.244 e. The van der Waals surface area contributed by atoms with E-state index >= 15 is 0 Å². The molecule has 2 rings (SSSR count). The van der Waals surface area contributed by atoms with Crippen LogP contribution in [0.2, 0.25) is 0 Å². The minimum absolute atomic E-state index is 0.174. The first kappa shape index (κ1) is 27.9. The number of rotatable bonds is 10. The molecule has 7 nitrogen and oxygen atoms in total. The Morgan fingerprint density at radius 3 is 2.15 bits per heavy atom. The van der Waals surface area contributed by atoms with Gasteiger partial charge in [0.05, 0.1) is 11.9 Å². The Kier molecular flexibility index (Phi) is 9.70. The number of benzene rings is 2. The third-order valence-corrected chi connectivity index (χ3v) is 7.24. The lowest BCUT2D eigenvalue weighted by Gasteiger charge is -2.31. The Hall–Kier alpha value is -2.39. The SMILES string of the molecule is Cc1ccc(N(CC(=O)N(Cc2ccc(Br)cc2)C(C)C(=O)NCC(C)C)S(C)(=O)=O)cc1C. The molecular formula is C25H34BrN3O4S.